The normalized spacial score (nSPS) is 14.0. The zero-order valence-corrected chi connectivity index (χ0v) is 14.9. The molecular formula is C20H23NO2S. The third kappa shape index (κ3) is 4.91. The van der Waals surface area contributed by atoms with Crippen LogP contribution in [0.3, 0.4) is 0 Å². The van der Waals surface area contributed by atoms with Crippen molar-refractivity contribution in [1.82, 2.24) is 4.72 Å². The summed E-state index contributed by atoms with van der Waals surface area (Å²) >= 11 is 0. The SMILES string of the molecule is C=C/C=C(/OCC)[C@H](N[S@@](=O)c1ccc(C)cc1)c1ccccc1. The number of aryl methyl sites for hydroxylation is 1. The molecule has 1 N–H and O–H groups in total. The molecule has 24 heavy (non-hydrogen) atoms. The maximum atomic E-state index is 12.7. The van der Waals surface area contributed by atoms with Gasteiger partial charge in [-0.1, -0.05) is 60.7 Å². The Balaban J connectivity index is 2.32. The lowest BCUT2D eigenvalue weighted by atomic mass is 10.1. The number of hydrogen-bond acceptors (Lipinski definition) is 2. The largest absolute Gasteiger partial charge is 0.496 e. The van der Waals surface area contributed by atoms with E-state index in [2.05, 4.69) is 11.3 Å². The van der Waals surface area contributed by atoms with Gasteiger partial charge in [-0.25, -0.2) is 8.93 Å². The van der Waals surface area contributed by atoms with Crippen LogP contribution in [0.1, 0.15) is 24.1 Å². The first-order chi connectivity index (χ1) is 11.7. The van der Waals surface area contributed by atoms with E-state index in [1.807, 2.05) is 68.4 Å². The van der Waals surface area contributed by atoms with Crippen molar-refractivity contribution in [3.05, 3.63) is 90.2 Å². The van der Waals surface area contributed by atoms with E-state index in [4.69, 9.17) is 4.74 Å². The van der Waals surface area contributed by atoms with Crippen LogP contribution in [0.5, 0.6) is 0 Å². The fourth-order valence-corrected chi connectivity index (χ4v) is 3.27. The summed E-state index contributed by atoms with van der Waals surface area (Å²) in [5, 5.41) is 0. The average Bonchev–Trinajstić information content (AvgIpc) is 2.61. The Morgan fingerprint density at radius 1 is 1.21 bits per heavy atom. The Morgan fingerprint density at radius 2 is 1.88 bits per heavy atom. The van der Waals surface area contributed by atoms with Gasteiger partial charge in [-0.15, -0.1) is 0 Å². The molecular weight excluding hydrogens is 318 g/mol. The fraction of sp³-hybridized carbons (Fsp3) is 0.200. The van der Waals surface area contributed by atoms with Gasteiger partial charge in [-0.05, 0) is 37.6 Å². The summed E-state index contributed by atoms with van der Waals surface area (Å²) in [6.45, 7) is 8.21. The van der Waals surface area contributed by atoms with Gasteiger partial charge in [0, 0.05) is 0 Å². The molecule has 2 aromatic rings. The Labute approximate surface area is 146 Å². The molecule has 126 valence electrons. The molecule has 0 saturated carbocycles. The van der Waals surface area contributed by atoms with Gasteiger partial charge < -0.3 is 4.74 Å². The van der Waals surface area contributed by atoms with Gasteiger partial charge in [0.2, 0.25) is 0 Å². The van der Waals surface area contributed by atoms with Crippen molar-refractivity contribution in [2.24, 2.45) is 0 Å². The topological polar surface area (TPSA) is 38.3 Å². The van der Waals surface area contributed by atoms with E-state index >= 15 is 0 Å². The van der Waals surface area contributed by atoms with Crippen LogP contribution in [0.4, 0.5) is 0 Å². The number of nitrogens with one attached hydrogen (secondary N) is 1. The summed E-state index contributed by atoms with van der Waals surface area (Å²) in [6, 6.07) is 17.2. The molecule has 4 heteroatoms. The van der Waals surface area contributed by atoms with Crippen molar-refractivity contribution >= 4 is 11.0 Å². The number of hydrogen-bond donors (Lipinski definition) is 1. The summed E-state index contributed by atoms with van der Waals surface area (Å²) < 4.78 is 21.7. The summed E-state index contributed by atoms with van der Waals surface area (Å²) in [7, 11) is -1.36. The van der Waals surface area contributed by atoms with Crippen molar-refractivity contribution in [3.8, 4) is 0 Å². The molecule has 2 aromatic carbocycles. The van der Waals surface area contributed by atoms with Crippen LogP contribution in [0.2, 0.25) is 0 Å². The highest BCUT2D eigenvalue weighted by molar-refractivity contribution is 7.83. The molecule has 0 amide bonds. The Bertz CT molecular complexity index is 708. The van der Waals surface area contributed by atoms with Crippen LogP contribution in [0, 0.1) is 6.92 Å². The minimum atomic E-state index is -1.36. The predicted molar refractivity (Wildman–Crippen MR) is 99.8 cm³/mol. The van der Waals surface area contributed by atoms with Crippen LogP contribution in [-0.4, -0.2) is 10.8 Å². The number of allylic oxidation sites excluding steroid dienone is 2. The molecule has 0 aliphatic rings. The highest BCUT2D eigenvalue weighted by Crippen LogP contribution is 2.24. The lowest BCUT2D eigenvalue weighted by Gasteiger charge is -2.22. The van der Waals surface area contributed by atoms with Crippen LogP contribution >= 0.6 is 0 Å². The molecule has 0 fully saturated rings. The van der Waals surface area contributed by atoms with Crippen LogP contribution in [0.25, 0.3) is 0 Å². The van der Waals surface area contributed by atoms with Gasteiger partial charge in [0.15, 0.2) is 0 Å². The van der Waals surface area contributed by atoms with Crippen molar-refractivity contribution in [2.75, 3.05) is 6.61 Å². The van der Waals surface area contributed by atoms with Crippen molar-refractivity contribution in [3.63, 3.8) is 0 Å². The monoisotopic (exact) mass is 341 g/mol. The van der Waals surface area contributed by atoms with E-state index in [1.54, 1.807) is 12.2 Å². The van der Waals surface area contributed by atoms with Gasteiger partial charge in [0.1, 0.15) is 22.8 Å². The average molecular weight is 341 g/mol. The third-order valence-electron chi connectivity index (χ3n) is 3.47. The van der Waals surface area contributed by atoms with Crippen LogP contribution in [-0.2, 0) is 15.7 Å². The molecule has 0 heterocycles. The van der Waals surface area contributed by atoms with Crippen molar-refractivity contribution < 1.29 is 8.95 Å². The van der Waals surface area contributed by atoms with Crippen molar-refractivity contribution in [1.29, 1.82) is 0 Å². The highest BCUT2D eigenvalue weighted by Gasteiger charge is 2.20. The third-order valence-corrected chi connectivity index (χ3v) is 4.62. The molecule has 0 radical (unpaired) electrons. The smallest absolute Gasteiger partial charge is 0.125 e. The lowest BCUT2D eigenvalue weighted by Crippen LogP contribution is -2.26. The standard InChI is InChI=1S/C20H23NO2S/c1-4-9-19(23-5-2)20(17-10-7-6-8-11-17)21-24(22)18-14-12-16(3)13-15-18/h4,6-15,20-21H,1,5H2,2-3H3/b19-9+/t20-,24+/m1/s1. The summed E-state index contributed by atoms with van der Waals surface area (Å²) in [5.74, 6) is 0.694. The Morgan fingerprint density at radius 3 is 2.46 bits per heavy atom. The minimum absolute atomic E-state index is 0.314. The van der Waals surface area contributed by atoms with E-state index in [-0.39, 0.29) is 6.04 Å². The Kier molecular flexibility index (Phi) is 6.97. The molecule has 0 spiro atoms. The van der Waals surface area contributed by atoms with E-state index < -0.39 is 11.0 Å². The van der Waals surface area contributed by atoms with Gasteiger partial charge in [0.25, 0.3) is 0 Å². The summed E-state index contributed by atoms with van der Waals surface area (Å²) in [6.07, 6.45) is 3.48. The first-order valence-electron chi connectivity index (χ1n) is 7.90. The number of benzene rings is 2. The quantitative estimate of drug-likeness (QED) is 0.569. The van der Waals surface area contributed by atoms with Gasteiger partial charge in [-0.2, -0.15) is 0 Å². The van der Waals surface area contributed by atoms with Crippen LogP contribution < -0.4 is 4.72 Å². The maximum absolute atomic E-state index is 12.7. The van der Waals surface area contributed by atoms with Gasteiger partial charge >= 0.3 is 0 Å². The van der Waals surface area contributed by atoms with Crippen molar-refractivity contribution in [2.45, 2.75) is 24.8 Å². The second kappa shape index (κ2) is 9.21. The summed E-state index contributed by atoms with van der Waals surface area (Å²) in [4.78, 5) is 0.732. The maximum Gasteiger partial charge on any atom is 0.125 e. The second-order valence-electron chi connectivity index (χ2n) is 5.28. The van der Waals surface area contributed by atoms with E-state index in [0.717, 1.165) is 16.0 Å². The molecule has 0 unspecified atom stereocenters. The van der Waals surface area contributed by atoms with Crippen LogP contribution in [0.15, 0.2) is 84.0 Å². The molecule has 2 atom stereocenters. The zero-order valence-electron chi connectivity index (χ0n) is 14.1. The van der Waals surface area contributed by atoms with Gasteiger partial charge in [-0.3, -0.25) is 0 Å². The first kappa shape index (κ1) is 18.2. The van der Waals surface area contributed by atoms with Gasteiger partial charge in [0.05, 0.1) is 11.5 Å². The molecule has 0 aliphatic heterocycles. The molecule has 0 aromatic heterocycles. The molecule has 0 saturated heterocycles. The first-order valence-corrected chi connectivity index (χ1v) is 9.05. The lowest BCUT2D eigenvalue weighted by molar-refractivity contribution is 0.206. The second-order valence-corrected chi connectivity index (χ2v) is 6.53. The minimum Gasteiger partial charge on any atom is -0.496 e. The van der Waals surface area contributed by atoms with E-state index in [9.17, 15) is 4.21 Å². The van der Waals surface area contributed by atoms with E-state index in [0.29, 0.717) is 12.4 Å². The molecule has 2 rings (SSSR count). The number of ether oxygens (including phenoxy) is 1. The molecule has 0 aliphatic carbocycles. The highest BCUT2D eigenvalue weighted by atomic mass is 32.2. The predicted octanol–water partition coefficient (Wildman–Crippen LogP) is 4.45. The molecule has 0 bridgehead atoms. The summed E-state index contributed by atoms with van der Waals surface area (Å²) in [5.41, 5.74) is 2.12. The Hall–Kier alpha value is -2.17. The fourth-order valence-electron chi connectivity index (χ4n) is 2.28. The number of rotatable bonds is 8. The zero-order chi connectivity index (χ0) is 17.4. The molecule has 3 nitrogen and oxygen atoms in total. The van der Waals surface area contributed by atoms with E-state index in [1.165, 1.54) is 0 Å².